The van der Waals surface area contributed by atoms with E-state index in [-0.39, 0.29) is 0 Å². The number of hydrogen-bond acceptors (Lipinski definition) is 5. The van der Waals surface area contributed by atoms with E-state index in [1.54, 1.807) is 12.1 Å². The standard InChI is InChI=1S/C24H33N3O3S/c1-26(17-20-6-4-8-22-21(20)7-5-9-24(22)30-2)14-12-18-10-11-23-19(16-18)13-15-27(23)25-31(3,28)29/h5,7,9-11,16,20,25H,4,6,8,12-15,17H2,1-3H3/t20-/m0/s1. The molecule has 1 atom stereocenters. The molecule has 31 heavy (non-hydrogen) atoms. The van der Waals surface area contributed by atoms with E-state index in [1.807, 2.05) is 6.07 Å². The molecule has 0 fully saturated rings. The van der Waals surface area contributed by atoms with E-state index in [1.165, 1.54) is 41.4 Å². The molecule has 7 heteroatoms. The average Bonchev–Trinajstić information content (AvgIpc) is 3.12. The molecule has 4 rings (SSSR count). The number of likely N-dealkylation sites (N-methyl/N-ethyl adjacent to an activating group) is 1. The third kappa shape index (κ3) is 5.22. The number of rotatable bonds is 8. The van der Waals surface area contributed by atoms with E-state index in [0.717, 1.165) is 43.8 Å². The average molecular weight is 444 g/mol. The normalized spacial score (nSPS) is 18.2. The van der Waals surface area contributed by atoms with Gasteiger partial charge >= 0.3 is 0 Å². The maximum Gasteiger partial charge on any atom is 0.225 e. The summed E-state index contributed by atoms with van der Waals surface area (Å²) in [6.45, 7) is 2.73. The van der Waals surface area contributed by atoms with Crippen LogP contribution >= 0.6 is 0 Å². The third-order valence-corrected chi connectivity index (χ3v) is 6.99. The monoisotopic (exact) mass is 443 g/mol. The second-order valence-corrected chi connectivity index (χ2v) is 10.6. The summed E-state index contributed by atoms with van der Waals surface area (Å²) in [6.07, 6.45) is 6.60. The lowest BCUT2D eigenvalue weighted by atomic mass is 9.82. The van der Waals surface area contributed by atoms with Gasteiger partial charge in [-0.2, -0.15) is 0 Å². The molecule has 2 aromatic carbocycles. The predicted molar refractivity (Wildman–Crippen MR) is 125 cm³/mol. The van der Waals surface area contributed by atoms with Crippen molar-refractivity contribution in [3.63, 3.8) is 0 Å². The first kappa shape index (κ1) is 22.1. The Morgan fingerprint density at radius 1 is 1.23 bits per heavy atom. The summed E-state index contributed by atoms with van der Waals surface area (Å²) in [4.78, 5) is 5.03. The second kappa shape index (κ2) is 9.18. The van der Waals surface area contributed by atoms with Gasteiger partial charge in [0.15, 0.2) is 0 Å². The molecule has 0 amide bonds. The van der Waals surface area contributed by atoms with Gasteiger partial charge in [-0.15, -0.1) is 4.83 Å². The maximum absolute atomic E-state index is 11.6. The van der Waals surface area contributed by atoms with Gasteiger partial charge in [0, 0.05) is 19.6 Å². The van der Waals surface area contributed by atoms with Gasteiger partial charge in [0.2, 0.25) is 10.0 Å². The highest BCUT2D eigenvalue weighted by molar-refractivity contribution is 7.88. The summed E-state index contributed by atoms with van der Waals surface area (Å²) in [5, 5.41) is 1.73. The molecule has 1 N–H and O–H groups in total. The molecule has 0 spiro atoms. The van der Waals surface area contributed by atoms with Crippen molar-refractivity contribution >= 4 is 15.7 Å². The first-order valence-electron chi connectivity index (χ1n) is 11.0. The Balaban J connectivity index is 1.36. The van der Waals surface area contributed by atoms with E-state index in [0.29, 0.717) is 12.5 Å². The molecule has 168 valence electrons. The minimum atomic E-state index is -3.26. The highest BCUT2D eigenvalue weighted by atomic mass is 32.2. The van der Waals surface area contributed by atoms with Crippen LogP contribution in [0.3, 0.4) is 0 Å². The Kier molecular flexibility index (Phi) is 6.55. The van der Waals surface area contributed by atoms with Crippen LogP contribution in [0.15, 0.2) is 36.4 Å². The third-order valence-electron chi connectivity index (χ3n) is 6.44. The molecule has 0 saturated carbocycles. The molecule has 0 aromatic heterocycles. The van der Waals surface area contributed by atoms with Crippen LogP contribution < -0.4 is 14.6 Å². The number of nitrogens with zero attached hydrogens (tertiary/aromatic N) is 2. The lowest BCUT2D eigenvalue weighted by Crippen LogP contribution is -2.40. The number of hydrogen-bond donors (Lipinski definition) is 1. The van der Waals surface area contributed by atoms with Gasteiger partial charge < -0.3 is 9.64 Å². The fourth-order valence-electron chi connectivity index (χ4n) is 4.99. The first-order valence-corrected chi connectivity index (χ1v) is 12.9. The van der Waals surface area contributed by atoms with E-state index < -0.39 is 10.0 Å². The van der Waals surface area contributed by atoms with Gasteiger partial charge in [-0.25, -0.2) is 8.42 Å². The van der Waals surface area contributed by atoms with Crippen LogP contribution in [0.4, 0.5) is 5.69 Å². The largest absolute Gasteiger partial charge is 0.496 e. The lowest BCUT2D eigenvalue weighted by Gasteiger charge is -2.30. The van der Waals surface area contributed by atoms with E-state index in [2.05, 4.69) is 47.1 Å². The molecule has 0 bridgehead atoms. The van der Waals surface area contributed by atoms with Gasteiger partial charge in [0.1, 0.15) is 5.75 Å². The summed E-state index contributed by atoms with van der Waals surface area (Å²) in [7, 11) is 0.710. The minimum absolute atomic E-state index is 0.555. The first-order chi connectivity index (χ1) is 14.8. The van der Waals surface area contributed by atoms with Crippen molar-refractivity contribution in [3.8, 4) is 5.75 Å². The summed E-state index contributed by atoms with van der Waals surface area (Å²) < 4.78 is 28.7. The molecule has 2 aliphatic rings. The number of hydrazine groups is 1. The highest BCUT2D eigenvalue weighted by Crippen LogP contribution is 2.37. The Hall–Kier alpha value is -2.09. The van der Waals surface area contributed by atoms with Gasteiger partial charge in [-0.1, -0.05) is 24.3 Å². The zero-order chi connectivity index (χ0) is 22.0. The van der Waals surface area contributed by atoms with E-state index >= 15 is 0 Å². The number of nitrogens with one attached hydrogen (secondary N) is 1. The van der Waals surface area contributed by atoms with Crippen LogP contribution in [-0.2, 0) is 29.3 Å². The second-order valence-electron chi connectivity index (χ2n) is 8.86. The number of sulfonamides is 1. The highest BCUT2D eigenvalue weighted by Gasteiger charge is 2.24. The van der Waals surface area contributed by atoms with Crippen molar-refractivity contribution in [2.45, 2.75) is 38.0 Å². The molecule has 6 nitrogen and oxygen atoms in total. The molecule has 0 saturated heterocycles. The van der Waals surface area contributed by atoms with E-state index in [4.69, 9.17) is 4.74 Å². The number of ether oxygens (including phenoxy) is 1. The zero-order valence-corrected chi connectivity index (χ0v) is 19.5. The molecular formula is C24H33N3O3S. The molecule has 2 aromatic rings. The van der Waals surface area contributed by atoms with Crippen LogP contribution in [0, 0.1) is 0 Å². The summed E-state index contributed by atoms with van der Waals surface area (Å²) >= 11 is 0. The fraction of sp³-hybridized carbons (Fsp3) is 0.500. The van der Waals surface area contributed by atoms with Gasteiger partial charge in [0.25, 0.3) is 0 Å². The molecule has 1 heterocycles. The van der Waals surface area contributed by atoms with Crippen LogP contribution in [0.2, 0.25) is 0 Å². The summed E-state index contributed by atoms with van der Waals surface area (Å²) in [6, 6.07) is 12.9. The molecular weight excluding hydrogens is 410 g/mol. The van der Waals surface area contributed by atoms with Crippen molar-refractivity contribution in [1.82, 2.24) is 9.73 Å². The molecule has 0 radical (unpaired) electrons. The molecule has 1 aliphatic heterocycles. The zero-order valence-electron chi connectivity index (χ0n) is 18.7. The Labute approximate surface area is 186 Å². The number of benzene rings is 2. The van der Waals surface area contributed by atoms with Gasteiger partial charge in [-0.3, -0.25) is 5.01 Å². The number of fused-ring (bicyclic) bond motifs is 2. The van der Waals surface area contributed by atoms with Crippen LogP contribution in [0.5, 0.6) is 5.75 Å². The Morgan fingerprint density at radius 2 is 2.06 bits per heavy atom. The fourth-order valence-corrected chi connectivity index (χ4v) is 5.58. The minimum Gasteiger partial charge on any atom is -0.496 e. The van der Waals surface area contributed by atoms with E-state index in [9.17, 15) is 8.42 Å². The van der Waals surface area contributed by atoms with Crippen molar-refractivity contribution < 1.29 is 13.2 Å². The summed E-state index contributed by atoms with van der Waals surface area (Å²) in [5.74, 6) is 1.59. The molecule has 0 unspecified atom stereocenters. The van der Waals surface area contributed by atoms with Crippen molar-refractivity contribution in [1.29, 1.82) is 0 Å². The number of anilines is 1. The SMILES string of the molecule is COc1cccc2c1CCC[C@H]2CN(C)CCc1ccc2c(c1)CCN2NS(C)(=O)=O. The van der Waals surface area contributed by atoms with Crippen LogP contribution in [0.1, 0.15) is 41.0 Å². The summed E-state index contributed by atoms with van der Waals surface area (Å²) in [5.41, 5.74) is 6.33. The van der Waals surface area contributed by atoms with Crippen molar-refractivity contribution in [3.05, 3.63) is 58.7 Å². The van der Waals surface area contributed by atoms with Gasteiger partial charge in [0.05, 0.1) is 19.1 Å². The Morgan fingerprint density at radius 3 is 2.84 bits per heavy atom. The van der Waals surface area contributed by atoms with Crippen LogP contribution in [0.25, 0.3) is 0 Å². The smallest absolute Gasteiger partial charge is 0.225 e. The number of methoxy groups -OCH3 is 1. The maximum atomic E-state index is 11.6. The van der Waals surface area contributed by atoms with Crippen molar-refractivity contribution in [2.75, 3.05) is 45.1 Å². The van der Waals surface area contributed by atoms with Crippen LogP contribution in [-0.4, -0.2) is 53.4 Å². The Bertz CT molecular complexity index is 1040. The van der Waals surface area contributed by atoms with Gasteiger partial charge in [-0.05, 0) is 79.5 Å². The quantitative estimate of drug-likeness (QED) is 0.679. The topological polar surface area (TPSA) is 61.9 Å². The van der Waals surface area contributed by atoms with Crippen molar-refractivity contribution in [2.24, 2.45) is 0 Å². The predicted octanol–water partition coefficient (Wildman–Crippen LogP) is 3.12. The molecule has 1 aliphatic carbocycles. The lowest BCUT2D eigenvalue weighted by molar-refractivity contribution is 0.299.